The van der Waals surface area contributed by atoms with E-state index in [-0.39, 0.29) is 0 Å². The molecule has 0 saturated heterocycles. The van der Waals surface area contributed by atoms with Crippen molar-refractivity contribution in [2.45, 2.75) is 5.41 Å². The molecule has 0 N–H and O–H groups in total. The lowest BCUT2D eigenvalue weighted by molar-refractivity contribution is 0.668. The maximum Gasteiger partial charge on any atom is 0.164 e. The first kappa shape index (κ1) is 35.7. The van der Waals surface area contributed by atoms with Crippen LogP contribution in [0.2, 0.25) is 0 Å². The van der Waals surface area contributed by atoms with Gasteiger partial charge in [-0.15, -0.1) is 0 Å². The van der Waals surface area contributed by atoms with E-state index in [1.165, 1.54) is 33.4 Å². The van der Waals surface area contributed by atoms with E-state index in [0.29, 0.717) is 17.5 Å². The molecule has 0 unspecified atom stereocenters. The Hall–Kier alpha value is -8.21. The van der Waals surface area contributed by atoms with Crippen LogP contribution in [0.1, 0.15) is 22.3 Å². The number of hydrogen-bond donors (Lipinski definition) is 0. The van der Waals surface area contributed by atoms with Crippen LogP contribution in [0, 0.1) is 0 Å². The van der Waals surface area contributed by atoms with Gasteiger partial charge in [0.25, 0.3) is 0 Å². The summed E-state index contributed by atoms with van der Waals surface area (Å²) in [6.45, 7) is 0. The molecule has 4 heteroatoms. The van der Waals surface area contributed by atoms with Crippen LogP contribution in [0.4, 0.5) is 0 Å². The van der Waals surface area contributed by atoms with Crippen LogP contribution < -0.4 is 0 Å². The summed E-state index contributed by atoms with van der Waals surface area (Å²) >= 11 is 0. The molecule has 12 rings (SSSR count). The van der Waals surface area contributed by atoms with Crippen LogP contribution in [-0.4, -0.2) is 15.0 Å². The van der Waals surface area contributed by atoms with Gasteiger partial charge in [0.2, 0.25) is 0 Å². The van der Waals surface area contributed by atoms with Gasteiger partial charge in [-0.25, -0.2) is 15.0 Å². The van der Waals surface area contributed by atoms with Crippen LogP contribution in [-0.2, 0) is 5.41 Å². The van der Waals surface area contributed by atoms with Crippen molar-refractivity contribution in [2.75, 3.05) is 0 Å². The molecule has 0 spiro atoms. The van der Waals surface area contributed by atoms with Crippen molar-refractivity contribution in [1.29, 1.82) is 0 Å². The van der Waals surface area contributed by atoms with Gasteiger partial charge in [0.15, 0.2) is 17.5 Å². The Morgan fingerprint density at radius 2 is 0.742 bits per heavy atom. The zero-order valence-electron chi connectivity index (χ0n) is 33.6. The third kappa shape index (κ3) is 5.80. The van der Waals surface area contributed by atoms with Gasteiger partial charge in [0, 0.05) is 27.5 Å². The fourth-order valence-electron chi connectivity index (χ4n) is 9.55. The van der Waals surface area contributed by atoms with Crippen LogP contribution in [0.15, 0.2) is 229 Å². The molecular formula is C58H37N3O. The van der Waals surface area contributed by atoms with Crippen LogP contribution in [0.3, 0.4) is 0 Å². The summed E-state index contributed by atoms with van der Waals surface area (Å²) in [6.07, 6.45) is 0. The maximum atomic E-state index is 6.32. The Morgan fingerprint density at radius 1 is 0.290 bits per heavy atom. The van der Waals surface area contributed by atoms with Crippen LogP contribution in [0.5, 0.6) is 0 Å². The first-order valence-electron chi connectivity index (χ1n) is 21.0. The Balaban J connectivity index is 0.977. The van der Waals surface area contributed by atoms with Crippen LogP contribution in [0.25, 0.3) is 89.5 Å². The van der Waals surface area contributed by atoms with Crippen molar-refractivity contribution in [3.63, 3.8) is 0 Å². The molecule has 0 bridgehead atoms. The quantitative estimate of drug-likeness (QED) is 0.161. The minimum absolute atomic E-state index is 0.549. The van der Waals surface area contributed by atoms with Crippen molar-refractivity contribution in [3.05, 3.63) is 247 Å². The molecule has 2 heterocycles. The normalized spacial score (nSPS) is 12.6. The van der Waals surface area contributed by atoms with Crippen molar-refractivity contribution in [1.82, 2.24) is 15.0 Å². The standard InChI is InChI=1S/C58H37N3O/c1-3-15-38(16-4-1)41-19-13-21-43(35-41)56-59-55(40-17-5-2-6-18-40)60-57(61-56)44-22-14-20-42(36-44)39-29-31-45(32-30-39)58(51-26-10-7-23-47(51)48-24-8-11-27-52(48)58)46-33-34-54-50(37-46)49-25-9-12-28-53(49)62-54/h1-37H. The molecule has 0 atom stereocenters. The predicted octanol–water partition coefficient (Wildman–Crippen LogP) is 14.5. The summed E-state index contributed by atoms with van der Waals surface area (Å²) in [5.74, 6) is 1.89. The predicted molar refractivity (Wildman–Crippen MR) is 252 cm³/mol. The van der Waals surface area contributed by atoms with E-state index in [9.17, 15) is 0 Å². The average Bonchev–Trinajstić information content (AvgIpc) is 3.88. The van der Waals surface area contributed by atoms with Gasteiger partial charge in [0.1, 0.15) is 11.2 Å². The van der Waals surface area contributed by atoms with Gasteiger partial charge >= 0.3 is 0 Å². The minimum atomic E-state index is -0.549. The molecule has 0 aliphatic heterocycles. The van der Waals surface area contributed by atoms with E-state index in [1.807, 2.05) is 48.5 Å². The topological polar surface area (TPSA) is 51.8 Å². The van der Waals surface area contributed by atoms with Gasteiger partial charge in [-0.2, -0.15) is 0 Å². The summed E-state index contributed by atoms with van der Waals surface area (Å²) in [5, 5.41) is 2.24. The number of furan rings is 1. The SMILES string of the molecule is c1ccc(-c2cccc(-c3nc(-c4ccccc4)nc(-c4cccc(-c5ccc(C6(c7ccc8oc9ccccc9c8c7)c7ccccc7-c7ccccc76)cc5)c4)n3)c2)cc1. The van der Waals surface area contributed by atoms with Gasteiger partial charge in [-0.3, -0.25) is 0 Å². The van der Waals surface area contributed by atoms with Crippen LogP contribution >= 0.6 is 0 Å². The zero-order chi connectivity index (χ0) is 41.0. The van der Waals surface area contributed by atoms with E-state index >= 15 is 0 Å². The zero-order valence-corrected chi connectivity index (χ0v) is 33.6. The molecule has 62 heavy (non-hydrogen) atoms. The van der Waals surface area contributed by atoms with E-state index in [0.717, 1.165) is 60.9 Å². The molecule has 0 saturated carbocycles. The van der Waals surface area contributed by atoms with E-state index in [2.05, 4.69) is 176 Å². The first-order chi connectivity index (χ1) is 30.7. The number of rotatable bonds is 7. The smallest absolute Gasteiger partial charge is 0.164 e. The lowest BCUT2D eigenvalue weighted by Crippen LogP contribution is -2.28. The minimum Gasteiger partial charge on any atom is -0.456 e. The molecule has 0 amide bonds. The van der Waals surface area contributed by atoms with E-state index in [1.54, 1.807) is 0 Å². The number of para-hydroxylation sites is 1. The summed E-state index contributed by atoms with van der Waals surface area (Å²) in [4.78, 5) is 15.2. The second-order valence-corrected chi connectivity index (χ2v) is 15.9. The lowest BCUT2D eigenvalue weighted by Gasteiger charge is -2.34. The number of benzene rings is 9. The Morgan fingerprint density at radius 3 is 1.37 bits per heavy atom. The van der Waals surface area contributed by atoms with Gasteiger partial charge in [-0.05, 0) is 86.0 Å². The highest BCUT2D eigenvalue weighted by Crippen LogP contribution is 2.56. The molecule has 0 radical (unpaired) electrons. The van der Waals surface area contributed by atoms with Crippen molar-refractivity contribution in [2.24, 2.45) is 0 Å². The third-order valence-corrected chi connectivity index (χ3v) is 12.4. The molecule has 290 valence electrons. The second-order valence-electron chi connectivity index (χ2n) is 15.9. The van der Waals surface area contributed by atoms with Gasteiger partial charge in [-0.1, -0.05) is 194 Å². The molecule has 11 aromatic rings. The number of fused-ring (bicyclic) bond motifs is 6. The number of aromatic nitrogens is 3. The summed E-state index contributed by atoms with van der Waals surface area (Å²) in [7, 11) is 0. The highest BCUT2D eigenvalue weighted by molar-refractivity contribution is 6.05. The molecule has 1 aliphatic carbocycles. The molecule has 0 fully saturated rings. The van der Waals surface area contributed by atoms with E-state index in [4.69, 9.17) is 19.4 Å². The largest absolute Gasteiger partial charge is 0.456 e. The Bertz CT molecular complexity index is 3420. The van der Waals surface area contributed by atoms with Crippen molar-refractivity contribution < 1.29 is 4.42 Å². The Kier molecular flexibility index (Phi) is 8.36. The summed E-state index contributed by atoms with van der Waals surface area (Å²) in [5.41, 5.74) is 15.9. The van der Waals surface area contributed by atoms with Crippen molar-refractivity contribution in [3.8, 4) is 67.5 Å². The lowest BCUT2D eigenvalue weighted by atomic mass is 9.67. The summed E-state index contributed by atoms with van der Waals surface area (Å²) in [6, 6.07) is 79.5. The number of hydrogen-bond acceptors (Lipinski definition) is 4. The molecule has 2 aromatic heterocycles. The molecular weight excluding hydrogens is 755 g/mol. The maximum absolute atomic E-state index is 6.32. The molecule has 4 nitrogen and oxygen atoms in total. The molecule has 1 aliphatic rings. The highest BCUT2D eigenvalue weighted by Gasteiger charge is 2.46. The number of nitrogens with zero attached hydrogens (tertiary/aromatic N) is 3. The molecule has 9 aromatic carbocycles. The Labute approximate surface area is 359 Å². The fourth-order valence-corrected chi connectivity index (χ4v) is 9.55. The van der Waals surface area contributed by atoms with Gasteiger partial charge in [0.05, 0.1) is 5.41 Å². The monoisotopic (exact) mass is 791 g/mol. The van der Waals surface area contributed by atoms with E-state index < -0.39 is 5.41 Å². The third-order valence-electron chi connectivity index (χ3n) is 12.4. The fraction of sp³-hybridized carbons (Fsp3) is 0.0172. The van der Waals surface area contributed by atoms with Crippen molar-refractivity contribution >= 4 is 21.9 Å². The first-order valence-corrected chi connectivity index (χ1v) is 21.0. The second kappa shape index (κ2) is 14.5. The average molecular weight is 792 g/mol. The highest BCUT2D eigenvalue weighted by atomic mass is 16.3. The van der Waals surface area contributed by atoms with Gasteiger partial charge < -0.3 is 4.42 Å². The summed E-state index contributed by atoms with van der Waals surface area (Å²) < 4.78 is 6.32.